The first kappa shape index (κ1) is 64.6. The molecule has 1 unspecified atom stereocenters. The van der Waals surface area contributed by atoms with Crippen LogP contribution in [0.15, 0.2) is 18.7 Å². The smallest absolute Gasteiger partial charge is 0.498 e. The van der Waals surface area contributed by atoms with Gasteiger partial charge in [0.1, 0.15) is 6.10 Å². The van der Waals surface area contributed by atoms with Crippen molar-refractivity contribution in [1.82, 2.24) is 9.55 Å². The zero-order chi connectivity index (χ0) is 47.0. The molecule has 0 aliphatic carbocycles. The maximum absolute atomic E-state index is 12.6. The van der Waals surface area contributed by atoms with Gasteiger partial charge in [0, 0.05) is 38.2 Å². The largest absolute Gasteiger partial charge is 1.00 e. The Kier molecular flexibility index (Phi) is 50.7. The molecule has 0 fully saturated rings. The molecule has 1 atom stereocenters. The van der Waals surface area contributed by atoms with Crippen molar-refractivity contribution in [2.45, 2.75) is 271 Å². The normalized spacial score (nSPS) is 11.3. The van der Waals surface area contributed by atoms with Crippen LogP contribution in [0.3, 0.4) is 0 Å². The van der Waals surface area contributed by atoms with Gasteiger partial charge in [0.25, 0.3) is 0 Å². The summed E-state index contributed by atoms with van der Waals surface area (Å²) >= 11 is 0. The number of hydrogen-bond donors (Lipinski definition) is 0. The molecule has 0 radical (unpaired) electrons. The molecule has 1 aromatic rings. The van der Waals surface area contributed by atoms with Gasteiger partial charge in [0.15, 0.2) is 5.97 Å². The molecule has 0 aliphatic heterocycles. The van der Waals surface area contributed by atoms with E-state index < -0.39 is 12.1 Å². The Morgan fingerprint density at radius 1 is 0.554 bits per heavy atom. The van der Waals surface area contributed by atoms with Crippen molar-refractivity contribution in [2.75, 3.05) is 13.2 Å². The van der Waals surface area contributed by atoms with Gasteiger partial charge in [-0.3, -0.25) is 25.6 Å². The first-order chi connectivity index (χ1) is 31.2. The molecule has 11 heteroatoms. The van der Waals surface area contributed by atoms with Crippen molar-refractivity contribution < 1.29 is 57.0 Å². The van der Waals surface area contributed by atoms with Gasteiger partial charge < -0.3 is 37.4 Å². The Hall–Kier alpha value is -2.44. The summed E-state index contributed by atoms with van der Waals surface area (Å²) in [5, 5.41) is 0. The third-order valence-corrected chi connectivity index (χ3v) is 11.4. The van der Waals surface area contributed by atoms with Crippen LogP contribution < -0.4 is 18.9 Å². The molecule has 1 aromatic heterocycles. The van der Waals surface area contributed by atoms with E-state index in [2.05, 4.69) is 39.6 Å². The number of aryl methyl sites for hydroxylation is 1. The Balaban J connectivity index is 0. The quantitative estimate of drug-likeness (QED) is 0.0207. The van der Waals surface area contributed by atoms with Gasteiger partial charge in [-0.05, 0) is 63.9 Å². The number of rotatable bonds is 45. The third-order valence-electron chi connectivity index (χ3n) is 11.4. The Morgan fingerprint density at radius 2 is 1.00 bits per heavy atom. The van der Waals surface area contributed by atoms with Crippen LogP contribution in [0.1, 0.15) is 252 Å². The molecule has 65 heavy (non-hydrogen) atoms. The van der Waals surface area contributed by atoms with E-state index in [9.17, 15) is 19.2 Å². The summed E-state index contributed by atoms with van der Waals surface area (Å²) in [5.74, 6) is -0.830. The zero-order valence-electron chi connectivity index (χ0n) is 42.6. The van der Waals surface area contributed by atoms with E-state index in [4.69, 9.17) is 18.9 Å². The number of unbranched alkanes of at least 4 members (excludes halogenated alkanes) is 24. The maximum Gasteiger partial charge on any atom is 1.00 e. The van der Waals surface area contributed by atoms with Crippen molar-refractivity contribution in [2.24, 2.45) is 0 Å². The van der Waals surface area contributed by atoms with Crippen LogP contribution in [0.5, 0.6) is 0 Å². The van der Waals surface area contributed by atoms with E-state index in [1.165, 1.54) is 122 Å². The molecule has 0 aromatic carbocycles. The molecule has 374 valence electrons. The number of imidazole rings is 1. The minimum absolute atomic E-state index is 0. The fourth-order valence-corrected chi connectivity index (χ4v) is 7.41. The molecule has 0 amide bonds. The number of esters is 4. The summed E-state index contributed by atoms with van der Waals surface area (Å²) in [6.45, 7) is 15.9. The first-order valence-corrected chi connectivity index (χ1v) is 26.4. The van der Waals surface area contributed by atoms with Crippen LogP contribution >= 0.6 is 0 Å². The minimum Gasteiger partial charge on any atom is -0.498 e. The molecule has 0 saturated carbocycles. The second-order valence-corrected chi connectivity index (χ2v) is 17.7. The standard InChI is InChI=1S/C37H64N2O6.C17H33O2.Li/c1-4-6-8-10-13-17-22-34(23-18-14-11-9-7-5-2)45-37(42)24-19-15-12-16-20-31-43-35(40)27-26-33(3)44-36(41)25-21-29-39-30-28-38-32-39;1-3-5-7-8-9-10-11-12-14-16-19-17(18)15-13-6-4-2;/h27-28,30,32-34H,3-26,29,31H2,1-2H3;2-16H2,1H3;/q-2;-1;+1. The van der Waals surface area contributed by atoms with Gasteiger partial charge in [-0.15, -0.1) is 6.42 Å². The fraction of sp³-hybridized carbons (Fsp3) is 0.815. The minimum atomic E-state index is -0.619. The number of carbonyl (C=O) groups is 4. The van der Waals surface area contributed by atoms with Gasteiger partial charge >= 0.3 is 36.8 Å². The number of hydrogen-bond acceptors (Lipinski definition) is 9. The van der Waals surface area contributed by atoms with E-state index in [1.807, 2.05) is 10.8 Å². The predicted octanol–water partition coefficient (Wildman–Crippen LogP) is 11.8. The topological polar surface area (TPSA) is 123 Å². The van der Waals surface area contributed by atoms with Crippen molar-refractivity contribution in [3.63, 3.8) is 0 Å². The monoisotopic (exact) mass is 909 g/mol. The molecule has 0 spiro atoms. The van der Waals surface area contributed by atoms with Crippen LogP contribution in [0.4, 0.5) is 0 Å². The van der Waals surface area contributed by atoms with Gasteiger partial charge in [0.2, 0.25) is 0 Å². The molecular formula is C54H97LiN2O8-2. The van der Waals surface area contributed by atoms with Crippen LogP contribution in [-0.4, -0.2) is 58.8 Å². The van der Waals surface area contributed by atoms with E-state index in [0.717, 1.165) is 83.5 Å². The second kappa shape index (κ2) is 51.0. The van der Waals surface area contributed by atoms with E-state index >= 15 is 0 Å². The van der Waals surface area contributed by atoms with Crippen molar-refractivity contribution in [3.05, 3.63) is 39.0 Å². The van der Waals surface area contributed by atoms with Gasteiger partial charge in [-0.25, -0.2) is 4.98 Å². The number of ether oxygens (including phenoxy) is 4. The molecule has 0 saturated heterocycles. The van der Waals surface area contributed by atoms with Crippen molar-refractivity contribution in [3.8, 4) is 0 Å². The van der Waals surface area contributed by atoms with Gasteiger partial charge in [-0.2, -0.15) is 6.42 Å². The summed E-state index contributed by atoms with van der Waals surface area (Å²) in [4.78, 5) is 51.7. The molecule has 1 rings (SSSR count). The first-order valence-electron chi connectivity index (χ1n) is 26.4. The van der Waals surface area contributed by atoms with Crippen molar-refractivity contribution in [1.29, 1.82) is 0 Å². The zero-order valence-corrected chi connectivity index (χ0v) is 42.6. The van der Waals surface area contributed by atoms with Gasteiger partial charge in [-0.1, -0.05) is 162 Å². The Morgan fingerprint density at radius 3 is 1.52 bits per heavy atom. The maximum atomic E-state index is 12.6. The molecule has 0 aliphatic rings. The summed E-state index contributed by atoms with van der Waals surface area (Å²) in [6, 6.07) is 0. The van der Waals surface area contributed by atoms with Crippen LogP contribution in [0.25, 0.3) is 0 Å². The molecule has 0 N–H and O–H groups in total. The second-order valence-electron chi connectivity index (χ2n) is 17.7. The number of aromatic nitrogens is 2. The number of carbonyl (C=O) groups excluding carboxylic acids is 4. The average Bonchev–Trinajstić information content (AvgIpc) is 3.80. The van der Waals surface area contributed by atoms with Crippen LogP contribution in [-0.2, 0) is 44.7 Å². The van der Waals surface area contributed by atoms with Crippen LogP contribution in [0, 0.1) is 20.3 Å². The summed E-state index contributed by atoms with van der Waals surface area (Å²) in [6.07, 6.45) is 44.4. The summed E-state index contributed by atoms with van der Waals surface area (Å²) in [7, 11) is 0. The predicted molar refractivity (Wildman–Crippen MR) is 262 cm³/mol. The van der Waals surface area contributed by atoms with Crippen molar-refractivity contribution >= 4 is 23.9 Å². The third kappa shape index (κ3) is 47.8. The average molecular weight is 909 g/mol. The van der Waals surface area contributed by atoms with E-state index in [0.29, 0.717) is 39.0 Å². The number of nitrogens with zero attached hydrogens (tertiary/aromatic N) is 2. The Bertz CT molecular complexity index is 1170. The fourth-order valence-electron chi connectivity index (χ4n) is 7.41. The summed E-state index contributed by atoms with van der Waals surface area (Å²) < 4.78 is 23.6. The Labute approximate surface area is 411 Å². The SMILES string of the molecule is [CH2-]C(C[CH-]C(=O)OCCCCCCCC(=O)OC(CCCCCCCC)CCCCCCCC)OC(=O)CCCn1ccnc1.[CH2-]CCCCC(=O)OCCCCCCCCCCC.[Li+]. The van der Waals surface area contributed by atoms with E-state index in [-0.39, 0.29) is 55.7 Å². The molecule has 1 heterocycles. The summed E-state index contributed by atoms with van der Waals surface area (Å²) in [5.41, 5.74) is 0. The molecule has 0 bridgehead atoms. The molecule has 10 nitrogen and oxygen atoms in total. The van der Waals surface area contributed by atoms with Gasteiger partial charge in [0.05, 0.1) is 19.5 Å². The van der Waals surface area contributed by atoms with E-state index in [1.54, 1.807) is 12.5 Å². The molecular weight excluding hydrogens is 812 g/mol. The van der Waals surface area contributed by atoms with Crippen LogP contribution in [0.2, 0.25) is 0 Å².